The van der Waals surface area contributed by atoms with Crippen LogP contribution in [-0.2, 0) is 19.6 Å². The molecule has 2 aliphatic heterocycles. The minimum absolute atomic E-state index is 0.00709. The third kappa shape index (κ3) is 3.72. The topological polar surface area (TPSA) is 71.4 Å². The van der Waals surface area contributed by atoms with E-state index in [2.05, 4.69) is 0 Å². The second-order valence-corrected chi connectivity index (χ2v) is 7.77. The van der Waals surface area contributed by atoms with Crippen LogP contribution >= 0.6 is 0 Å². The lowest BCUT2D eigenvalue weighted by Gasteiger charge is -2.25. The van der Waals surface area contributed by atoms with Crippen LogP contribution in [0.25, 0.3) is 0 Å². The van der Waals surface area contributed by atoms with Gasteiger partial charge in [-0.2, -0.15) is 4.31 Å². The molecule has 8 heteroatoms. The van der Waals surface area contributed by atoms with Crippen LogP contribution in [0.2, 0.25) is 0 Å². The van der Waals surface area contributed by atoms with Crippen LogP contribution in [-0.4, -0.2) is 76.1 Å². The summed E-state index contributed by atoms with van der Waals surface area (Å²) in [6, 6.07) is 8.35. The minimum atomic E-state index is -3.53. The highest BCUT2D eigenvalue weighted by Crippen LogP contribution is 2.18. The number of quaternary nitrogens is 1. The summed E-state index contributed by atoms with van der Waals surface area (Å²) < 4.78 is 31.8. The van der Waals surface area contributed by atoms with Gasteiger partial charge in [-0.1, -0.05) is 18.2 Å². The SMILES string of the molecule is O=C(C[NH+]1CCOCC1)N1CCN(S(=O)(=O)c2ccccc2)C1. The Balaban J connectivity index is 1.60. The molecular formula is C15H22N3O4S+. The van der Waals surface area contributed by atoms with Crippen LogP contribution in [0.4, 0.5) is 0 Å². The average Bonchev–Trinajstić information content (AvgIpc) is 3.07. The van der Waals surface area contributed by atoms with Crippen molar-refractivity contribution in [3.05, 3.63) is 30.3 Å². The number of sulfonamides is 1. The normalized spacial score (nSPS) is 20.8. The molecule has 1 aromatic carbocycles. The predicted octanol–water partition coefficient (Wildman–Crippen LogP) is -1.61. The Labute approximate surface area is 136 Å². The summed E-state index contributed by atoms with van der Waals surface area (Å²) >= 11 is 0. The Morgan fingerprint density at radius 1 is 1.13 bits per heavy atom. The number of amides is 1. The van der Waals surface area contributed by atoms with Crippen LogP contribution in [0, 0.1) is 0 Å². The van der Waals surface area contributed by atoms with Crippen molar-refractivity contribution in [2.45, 2.75) is 4.90 Å². The quantitative estimate of drug-likeness (QED) is 0.716. The first-order valence-electron chi connectivity index (χ1n) is 7.81. The molecule has 0 atom stereocenters. The van der Waals surface area contributed by atoms with E-state index in [1.165, 1.54) is 9.21 Å². The Kier molecular flexibility index (Phi) is 4.96. The lowest BCUT2D eigenvalue weighted by molar-refractivity contribution is -0.900. The van der Waals surface area contributed by atoms with Crippen molar-refractivity contribution in [1.29, 1.82) is 0 Å². The number of hydrogen-bond donors (Lipinski definition) is 1. The third-order valence-electron chi connectivity index (χ3n) is 4.28. The second kappa shape index (κ2) is 6.96. The molecule has 2 aliphatic rings. The fourth-order valence-electron chi connectivity index (χ4n) is 2.87. The summed E-state index contributed by atoms with van der Waals surface area (Å²) in [5, 5.41) is 0. The van der Waals surface area contributed by atoms with Crippen molar-refractivity contribution in [3.8, 4) is 0 Å². The molecule has 0 bridgehead atoms. The highest BCUT2D eigenvalue weighted by atomic mass is 32.2. The van der Waals surface area contributed by atoms with Crippen molar-refractivity contribution in [2.75, 3.05) is 52.6 Å². The molecule has 0 saturated carbocycles. The van der Waals surface area contributed by atoms with E-state index < -0.39 is 10.0 Å². The van der Waals surface area contributed by atoms with Crippen LogP contribution in [0.5, 0.6) is 0 Å². The molecule has 7 nitrogen and oxygen atoms in total. The average molecular weight is 340 g/mol. The molecule has 3 rings (SSSR count). The van der Waals surface area contributed by atoms with Gasteiger partial charge in [0.05, 0.1) is 24.8 Å². The highest BCUT2D eigenvalue weighted by Gasteiger charge is 2.34. The van der Waals surface area contributed by atoms with Gasteiger partial charge in [0.25, 0.3) is 5.91 Å². The van der Waals surface area contributed by atoms with Gasteiger partial charge in [-0.3, -0.25) is 4.79 Å². The lowest BCUT2D eigenvalue weighted by atomic mass is 10.4. The molecule has 0 aliphatic carbocycles. The fraction of sp³-hybridized carbons (Fsp3) is 0.533. The van der Waals surface area contributed by atoms with E-state index in [9.17, 15) is 13.2 Å². The number of carbonyl (C=O) groups excluding carboxylic acids is 1. The predicted molar refractivity (Wildman–Crippen MR) is 83.3 cm³/mol. The monoisotopic (exact) mass is 340 g/mol. The number of ether oxygens (including phenoxy) is 1. The largest absolute Gasteiger partial charge is 0.370 e. The highest BCUT2D eigenvalue weighted by molar-refractivity contribution is 7.89. The van der Waals surface area contributed by atoms with Crippen molar-refractivity contribution in [2.24, 2.45) is 0 Å². The minimum Gasteiger partial charge on any atom is -0.370 e. The number of benzene rings is 1. The molecule has 0 aromatic heterocycles. The van der Waals surface area contributed by atoms with Crippen molar-refractivity contribution in [3.63, 3.8) is 0 Å². The Morgan fingerprint density at radius 3 is 2.52 bits per heavy atom. The first kappa shape index (κ1) is 16.4. The number of hydrogen-bond acceptors (Lipinski definition) is 4. The molecule has 0 unspecified atom stereocenters. The molecule has 23 heavy (non-hydrogen) atoms. The first-order valence-corrected chi connectivity index (χ1v) is 9.25. The number of carbonyl (C=O) groups is 1. The Hall–Kier alpha value is -1.48. The van der Waals surface area contributed by atoms with E-state index in [4.69, 9.17) is 4.74 Å². The lowest BCUT2D eigenvalue weighted by Crippen LogP contribution is -3.15. The maximum absolute atomic E-state index is 12.6. The molecule has 1 aromatic rings. The van der Waals surface area contributed by atoms with Crippen LogP contribution in [0.3, 0.4) is 0 Å². The molecule has 1 amide bonds. The molecule has 0 spiro atoms. The first-order chi connectivity index (χ1) is 11.1. The summed E-state index contributed by atoms with van der Waals surface area (Å²) in [5.41, 5.74) is 0. The molecule has 0 radical (unpaired) electrons. The van der Waals surface area contributed by atoms with E-state index in [1.54, 1.807) is 35.2 Å². The maximum atomic E-state index is 12.6. The standard InChI is InChI=1S/C15H21N3O4S/c19-15(12-16-8-10-22-11-9-16)17-6-7-18(13-17)23(20,21)14-4-2-1-3-5-14/h1-5H,6-13H2/p+1. The number of rotatable bonds is 4. The smallest absolute Gasteiger partial charge is 0.278 e. The van der Waals surface area contributed by atoms with E-state index in [1.807, 2.05) is 0 Å². The molecule has 1 N–H and O–H groups in total. The van der Waals surface area contributed by atoms with E-state index >= 15 is 0 Å². The van der Waals surface area contributed by atoms with Gasteiger partial charge in [-0.15, -0.1) is 0 Å². The van der Waals surface area contributed by atoms with E-state index in [-0.39, 0.29) is 17.5 Å². The van der Waals surface area contributed by atoms with E-state index in [0.29, 0.717) is 32.8 Å². The number of morpholine rings is 1. The molecule has 2 fully saturated rings. The molecule has 126 valence electrons. The second-order valence-electron chi connectivity index (χ2n) is 5.83. The number of nitrogens with one attached hydrogen (secondary N) is 1. The Morgan fingerprint density at radius 2 is 1.83 bits per heavy atom. The van der Waals surface area contributed by atoms with Crippen LogP contribution in [0.15, 0.2) is 35.2 Å². The van der Waals surface area contributed by atoms with Crippen LogP contribution in [0.1, 0.15) is 0 Å². The summed E-state index contributed by atoms with van der Waals surface area (Å²) in [6.45, 7) is 4.35. The zero-order valence-corrected chi connectivity index (χ0v) is 13.8. The van der Waals surface area contributed by atoms with Crippen LogP contribution < -0.4 is 4.90 Å². The van der Waals surface area contributed by atoms with Gasteiger partial charge in [0, 0.05) is 13.1 Å². The van der Waals surface area contributed by atoms with E-state index in [0.717, 1.165) is 13.1 Å². The Bertz CT molecular complexity index is 644. The van der Waals surface area contributed by atoms with Gasteiger partial charge >= 0.3 is 0 Å². The maximum Gasteiger partial charge on any atom is 0.278 e. The van der Waals surface area contributed by atoms with Crippen molar-refractivity contribution >= 4 is 15.9 Å². The third-order valence-corrected chi connectivity index (χ3v) is 6.13. The molecular weight excluding hydrogens is 318 g/mol. The summed E-state index contributed by atoms with van der Waals surface area (Å²) in [7, 11) is -3.53. The van der Waals surface area contributed by atoms with Gasteiger partial charge in [-0.05, 0) is 12.1 Å². The molecule has 2 saturated heterocycles. The van der Waals surface area contributed by atoms with Gasteiger partial charge in [-0.25, -0.2) is 8.42 Å². The van der Waals surface area contributed by atoms with Gasteiger partial charge in [0.15, 0.2) is 6.54 Å². The zero-order valence-electron chi connectivity index (χ0n) is 13.0. The van der Waals surface area contributed by atoms with Crippen molar-refractivity contribution < 1.29 is 22.8 Å². The summed E-state index contributed by atoms with van der Waals surface area (Å²) in [4.78, 5) is 15.5. The fourth-order valence-corrected chi connectivity index (χ4v) is 4.28. The summed E-state index contributed by atoms with van der Waals surface area (Å²) in [6.07, 6.45) is 0. The summed E-state index contributed by atoms with van der Waals surface area (Å²) in [5.74, 6) is 0.00709. The molecule has 2 heterocycles. The zero-order chi connectivity index (χ0) is 16.3. The van der Waals surface area contributed by atoms with Gasteiger partial charge < -0.3 is 14.5 Å². The van der Waals surface area contributed by atoms with Crippen molar-refractivity contribution in [1.82, 2.24) is 9.21 Å². The van der Waals surface area contributed by atoms with Gasteiger partial charge in [0.2, 0.25) is 10.0 Å². The van der Waals surface area contributed by atoms with Gasteiger partial charge in [0.1, 0.15) is 13.1 Å². The number of nitrogens with zero attached hydrogens (tertiary/aromatic N) is 2.